The third-order valence-corrected chi connectivity index (χ3v) is 1.46. The third-order valence-electron chi connectivity index (χ3n) is 1.37. The maximum Gasteiger partial charge on any atom is 0.155 e. The smallest absolute Gasteiger partial charge is 0.155 e. The Bertz CT molecular complexity index is 284. The van der Waals surface area contributed by atoms with Crippen LogP contribution in [0.1, 0.15) is 6.92 Å². The molecule has 4 heteroatoms. The predicted octanol–water partition coefficient (Wildman–Crippen LogP) is 1.93. The molecule has 13 heavy (non-hydrogen) atoms. The number of hydrogen-bond donors (Lipinski definition) is 1. The van der Waals surface area contributed by atoms with Crippen LogP contribution in [-0.2, 0) is 0 Å². The predicted molar refractivity (Wildman–Crippen MR) is 55.0 cm³/mol. The topological polar surface area (TPSA) is 30.5 Å². The monoisotopic (exact) mass is 197 g/mol. The van der Waals surface area contributed by atoms with Crippen molar-refractivity contribution in [2.45, 2.75) is 6.92 Å². The summed E-state index contributed by atoms with van der Waals surface area (Å²) >= 11 is 4.78. The van der Waals surface area contributed by atoms with Gasteiger partial charge in [0.2, 0.25) is 0 Å². The van der Waals surface area contributed by atoms with Crippen LogP contribution in [0.15, 0.2) is 24.3 Å². The SMILES string of the molecule is COc1ccc(ONC(C)=S)cc1. The Hall–Kier alpha value is -1.29. The van der Waals surface area contributed by atoms with Gasteiger partial charge in [0.05, 0.1) is 7.11 Å². The molecule has 0 spiro atoms. The lowest BCUT2D eigenvalue weighted by Crippen LogP contribution is -2.21. The van der Waals surface area contributed by atoms with Gasteiger partial charge in [-0.3, -0.25) is 0 Å². The number of nitrogens with one attached hydrogen (secondary N) is 1. The summed E-state index contributed by atoms with van der Waals surface area (Å²) in [4.78, 5) is 5.71. The van der Waals surface area contributed by atoms with E-state index in [0.717, 1.165) is 5.75 Å². The first-order valence-electron chi connectivity index (χ1n) is 3.80. The van der Waals surface area contributed by atoms with Crippen molar-refractivity contribution < 1.29 is 9.57 Å². The zero-order chi connectivity index (χ0) is 9.68. The average Bonchev–Trinajstić information content (AvgIpc) is 2.15. The summed E-state index contributed by atoms with van der Waals surface area (Å²) in [6, 6.07) is 7.22. The second-order valence-electron chi connectivity index (χ2n) is 2.44. The highest BCUT2D eigenvalue weighted by molar-refractivity contribution is 7.80. The largest absolute Gasteiger partial charge is 0.497 e. The van der Waals surface area contributed by atoms with Crippen molar-refractivity contribution in [1.29, 1.82) is 0 Å². The molecule has 0 aliphatic rings. The van der Waals surface area contributed by atoms with Crippen molar-refractivity contribution in [2.24, 2.45) is 0 Å². The second-order valence-corrected chi connectivity index (χ2v) is 3.05. The molecule has 0 heterocycles. The third kappa shape index (κ3) is 3.29. The van der Waals surface area contributed by atoms with Gasteiger partial charge in [-0.15, -0.1) is 0 Å². The van der Waals surface area contributed by atoms with Crippen LogP contribution in [0.5, 0.6) is 11.5 Å². The fourth-order valence-corrected chi connectivity index (χ4v) is 0.816. The van der Waals surface area contributed by atoms with E-state index in [1.54, 1.807) is 26.2 Å². The average molecular weight is 197 g/mol. The summed E-state index contributed by atoms with van der Waals surface area (Å²) in [5.74, 6) is 1.50. The quantitative estimate of drug-likeness (QED) is 0.592. The summed E-state index contributed by atoms with van der Waals surface area (Å²) in [5, 5.41) is 0. The number of thiocarbonyl (C=S) groups is 1. The second kappa shape index (κ2) is 4.67. The fourth-order valence-electron chi connectivity index (χ4n) is 0.775. The fraction of sp³-hybridized carbons (Fsp3) is 0.222. The minimum absolute atomic E-state index is 0.593. The molecule has 1 aromatic rings. The first-order chi connectivity index (χ1) is 6.22. The minimum atomic E-state index is 0.593. The molecule has 0 fully saturated rings. The lowest BCUT2D eigenvalue weighted by atomic mass is 10.3. The first kappa shape index (κ1) is 9.80. The molecule has 0 atom stereocenters. The zero-order valence-electron chi connectivity index (χ0n) is 7.53. The molecule has 0 amide bonds. The number of ether oxygens (including phenoxy) is 1. The molecule has 1 N–H and O–H groups in total. The van der Waals surface area contributed by atoms with Crippen LogP contribution in [0.25, 0.3) is 0 Å². The van der Waals surface area contributed by atoms with Gasteiger partial charge in [0.1, 0.15) is 10.7 Å². The van der Waals surface area contributed by atoms with Crippen LogP contribution in [0.3, 0.4) is 0 Å². The molecule has 0 saturated carbocycles. The van der Waals surface area contributed by atoms with Crippen LogP contribution in [-0.4, -0.2) is 12.1 Å². The molecule has 0 saturated heterocycles. The van der Waals surface area contributed by atoms with Gasteiger partial charge in [-0.2, -0.15) is 0 Å². The lowest BCUT2D eigenvalue weighted by Gasteiger charge is -2.06. The Balaban J connectivity index is 2.54. The molecule has 0 aliphatic heterocycles. The molecular weight excluding hydrogens is 186 g/mol. The van der Waals surface area contributed by atoms with Gasteiger partial charge < -0.3 is 9.57 Å². The van der Waals surface area contributed by atoms with Gasteiger partial charge in [-0.25, -0.2) is 5.48 Å². The maximum absolute atomic E-state index is 5.12. The van der Waals surface area contributed by atoms with E-state index >= 15 is 0 Å². The number of hydroxylamine groups is 1. The van der Waals surface area contributed by atoms with Gasteiger partial charge in [-0.05, 0) is 31.2 Å². The molecule has 0 aliphatic carbocycles. The minimum Gasteiger partial charge on any atom is -0.497 e. The van der Waals surface area contributed by atoms with Crippen molar-refractivity contribution in [1.82, 2.24) is 5.48 Å². The van der Waals surface area contributed by atoms with E-state index < -0.39 is 0 Å². The van der Waals surface area contributed by atoms with E-state index in [2.05, 4.69) is 5.48 Å². The molecule has 0 radical (unpaired) electrons. The summed E-state index contributed by atoms with van der Waals surface area (Å²) in [7, 11) is 1.62. The molecule has 0 bridgehead atoms. The number of hydrogen-bond acceptors (Lipinski definition) is 3. The molecule has 1 aromatic carbocycles. The van der Waals surface area contributed by atoms with Gasteiger partial charge in [-0.1, -0.05) is 12.2 Å². The zero-order valence-corrected chi connectivity index (χ0v) is 8.35. The van der Waals surface area contributed by atoms with E-state index in [1.165, 1.54) is 0 Å². The van der Waals surface area contributed by atoms with Gasteiger partial charge in [0.15, 0.2) is 5.75 Å². The van der Waals surface area contributed by atoms with Crippen LogP contribution in [0.4, 0.5) is 0 Å². The lowest BCUT2D eigenvalue weighted by molar-refractivity contribution is 0.264. The number of rotatable bonds is 3. The van der Waals surface area contributed by atoms with Crippen molar-refractivity contribution in [3.05, 3.63) is 24.3 Å². The Morgan fingerprint density at radius 2 is 1.77 bits per heavy atom. The molecule has 70 valence electrons. The van der Waals surface area contributed by atoms with E-state index in [9.17, 15) is 0 Å². The highest BCUT2D eigenvalue weighted by Gasteiger charge is 1.94. The number of methoxy groups -OCH3 is 1. The van der Waals surface area contributed by atoms with E-state index in [4.69, 9.17) is 21.8 Å². The van der Waals surface area contributed by atoms with Gasteiger partial charge in [0.25, 0.3) is 0 Å². The van der Waals surface area contributed by atoms with Crippen molar-refractivity contribution in [3.8, 4) is 11.5 Å². The normalized spacial score (nSPS) is 9.08. The Kier molecular flexibility index (Phi) is 3.52. The van der Waals surface area contributed by atoms with E-state index in [1.807, 2.05) is 12.1 Å². The molecule has 0 aromatic heterocycles. The Labute approximate surface area is 82.6 Å². The van der Waals surface area contributed by atoms with Crippen molar-refractivity contribution in [2.75, 3.05) is 7.11 Å². The highest BCUT2D eigenvalue weighted by Crippen LogP contribution is 2.15. The van der Waals surface area contributed by atoms with Crippen LogP contribution in [0, 0.1) is 0 Å². The van der Waals surface area contributed by atoms with Gasteiger partial charge in [0, 0.05) is 0 Å². The summed E-state index contributed by atoms with van der Waals surface area (Å²) in [6.07, 6.45) is 0. The highest BCUT2D eigenvalue weighted by atomic mass is 32.1. The van der Waals surface area contributed by atoms with E-state index in [0.29, 0.717) is 10.7 Å². The summed E-state index contributed by atoms with van der Waals surface area (Å²) in [6.45, 7) is 1.75. The first-order valence-corrected chi connectivity index (χ1v) is 4.20. The van der Waals surface area contributed by atoms with Crippen LogP contribution >= 0.6 is 12.2 Å². The van der Waals surface area contributed by atoms with Crippen molar-refractivity contribution in [3.63, 3.8) is 0 Å². The van der Waals surface area contributed by atoms with Gasteiger partial charge >= 0.3 is 0 Å². The Morgan fingerprint density at radius 3 is 2.23 bits per heavy atom. The summed E-state index contributed by atoms with van der Waals surface area (Å²) < 4.78 is 4.99. The van der Waals surface area contributed by atoms with Crippen molar-refractivity contribution >= 4 is 17.2 Å². The molecular formula is C9H11NO2S. The molecule has 0 unspecified atom stereocenters. The van der Waals surface area contributed by atoms with Crippen LogP contribution in [0.2, 0.25) is 0 Å². The molecule has 1 rings (SSSR count). The van der Waals surface area contributed by atoms with Crippen LogP contribution < -0.4 is 15.1 Å². The standard InChI is InChI=1S/C9H11NO2S/c1-7(13)10-12-9-5-3-8(11-2)4-6-9/h3-6H,1-2H3,(H,10,13). The summed E-state index contributed by atoms with van der Waals surface area (Å²) in [5.41, 5.74) is 2.59. The Morgan fingerprint density at radius 1 is 1.23 bits per heavy atom. The maximum atomic E-state index is 5.12. The number of benzene rings is 1. The van der Waals surface area contributed by atoms with E-state index in [-0.39, 0.29) is 0 Å². The molecule has 3 nitrogen and oxygen atoms in total.